The molecule has 2 aromatic carbocycles. The van der Waals surface area contributed by atoms with Crippen molar-refractivity contribution in [2.24, 2.45) is 0 Å². The van der Waals surface area contributed by atoms with Gasteiger partial charge in [0.1, 0.15) is 83.2 Å². The monoisotopic (exact) mass is 822 g/mol. The molecule has 1 unspecified atom stereocenters. The Labute approximate surface area is 331 Å². The smallest absolute Gasteiger partial charge is 0.239 e. The fraction of sp³-hybridized carbons (Fsp3) is 0.564. The number of allylic oxidation sites excluding steroid dienone is 2. The van der Waals surface area contributed by atoms with Crippen molar-refractivity contribution in [3.63, 3.8) is 0 Å². The van der Waals surface area contributed by atoms with E-state index in [0.29, 0.717) is 5.75 Å². The molecule has 0 amide bonds. The first-order chi connectivity index (χ1) is 27.5. The number of aliphatic hydroxyl groups is 9. The highest BCUT2D eigenvalue weighted by molar-refractivity contribution is 5.91. The number of hydrogen-bond donors (Lipinski definition) is 10. The molecule has 3 aliphatic heterocycles. The second-order valence-electron chi connectivity index (χ2n) is 14.8. The summed E-state index contributed by atoms with van der Waals surface area (Å²) in [5, 5.41) is 106. The van der Waals surface area contributed by atoms with Gasteiger partial charge in [-0.15, -0.1) is 0 Å². The summed E-state index contributed by atoms with van der Waals surface area (Å²) in [6, 6.07) is 7.27. The van der Waals surface area contributed by atoms with Gasteiger partial charge in [-0.1, -0.05) is 11.6 Å². The second kappa shape index (κ2) is 17.7. The molecule has 19 heteroatoms. The van der Waals surface area contributed by atoms with Crippen molar-refractivity contribution >= 4 is 11.0 Å². The van der Waals surface area contributed by atoms with E-state index in [9.17, 15) is 55.9 Å². The van der Waals surface area contributed by atoms with Crippen molar-refractivity contribution in [2.45, 2.75) is 126 Å². The maximum Gasteiger partial charge on any atom is 0.239 e. The lowest BCUT2D eigenvalue weighted by Gasteiger charge is -2.45. The first kappa shape index (κ1) is 43.6. The van der Waals surface area contributed by atoms with E-state index in [2.05, 4.69) is 0 Å². The average Bonchev–Trinajstić information content (AvgIpc) is 3.20. The average molecular weight is 823 g/mol. The maximum absolute atomic E-state index is 14.7. The summed E-state index contributed by atoms with van der Waals surface area (Å²) in [5.74, 6) is -1.22. The number of phenolic OH excluding ortho intramolecular Hbond substituents is 1. The van der Waals surface area contributed by atoms with Gasteiger partial charge >= 0.3 is 0 Å². The van der Waals surface area contributed by atoms with Crippen LogP contribution in [0.1, 0.15) is 33.3 Å². The standard InChI is InChI=1S/C39H50O19/c1-14(2)6-11-19-21(54-38-32(50)29(47)26(44)22(13-40)55-38)12-20(41)23-27(45)35(33(56-34(19)23)17-7-9-18(51-5)10-8-17)57-39-36(30(48)25(43)16(4)53-39)58-37-31(49)28(46)24(42)15(3)52-37/h6-10,12,15-16,22,24-26,28-32,36-44,46-50H,11,13H2,1-5H3/t15-,16-,22+,24-,25-,26+,28+,29-,30+,31+,32+,36?,37-,38+,39-/m0/s1. The third-order valence-corrected chi connectivity index (χ3v) is 10.4. The van der Waals surface area contributed by atoms with Crippen molar-refractivity contribution < 1.29 is 88.6 Å². The van der Waals surface area contributed by atoms with Crippen LogP contribution in [0.25, 0.3) is 22.3 Å². The fourth-order valence-electron chi connectivity index (χ4n) is 6.93. The van der Waals surface area contributed by atoms with Crippen LogP contribution in [0.15, 0.2) is 51.2 Å². The second-order valence-corrected chi connectivity index (χ2v) is 14.8. The molecule has 15 atom stereocenters. The third kappa shape index (κ3) is 8.41. The normalized spacial score (nSPS) is 35.4. The Morgan fingerprint density at radius 1 is 0.759 bits per heavy atom. The number of methoxy groups -OCH3 is 1. The zero-order valence-electron chi connectivity index (χ0n) is 32.2. The van der Waals surface area contributed by atoms with Gasteiger partial charge in [-0.25, -0.2) is 0 Å². The molecule has 58 heavy (non-hydrogen) atoms. The molecule has 6 rings (SSSR count). The summed E-state index contributed by atoms with van der Waals surface area (Å²) in [7, 11) is 1.45. The van der Waals surface area contributed by atoms with Crippen molar-refractivity contribution in [2.75, 3.05) is 13.7 Å². The molecule has 4 heterocycles. The van der Waals surface area contributed by atoms with Crippen LogP contribution in [0.5, 0.6) is 23.0 Å². The number of ether oxygens (including phenoxy) is 7. The highest BCUT2D eigenvalue weighted by Crippen LogP contribution is 2.42. The van der Waals surface area contributed by atoms with Gasteiger partial charge in [-0.05, 0) is 58.4 Å². The molecule has 0 spiro atoms. The summed E-state index contributed by atoms with van der Waals surface area (Å²) >= 11 is 0. The molecule has 320 valence electrons. The number of rotatable bonds is 11. The first-order valence-electron chi connectivity index (χ1n) is 18.6. The Morgan fingerprint density at radius 2 is 1.36 bits per heavy atom. The minimum Gasteiger partial charge on any atom is -0.507 e. The summed E-state index contributed by atoms with van der Waals surface area (Å²) in [6.45, 7) is 5.71. The van der Waals surface area contributed by atoms with E-state index in [0.717, 1.165) is 11.6 Å². The van der Waals surface area contributed by atoms with Gasteiger partial charge in [0, 0.05) is 17.2 Å². The predicted molar refractivity (Wildman–Crippen MR) is 198 cm³/mol. The van der Waals surface area contributed by atoms with Crippen LogP contribution >= 0.6 is 0 Å². The van der Waals surface area contributed by atoms with Gasteiger partial charge in [-0.3, -0.25) is 4.79 Å². The minimum absolute atomic E-state index is 0.0169. The molecule has 0 radical (unpaired) electrons. The minimum atomic E-state index is -1.83. The van der Waals surface area contributed by atoms with Crippen LogP contribution in [0.4, 0.5) is 0 Å². The largest absolute Gasteiger partial charge is 0.507 e. The molecule has 1 aromatic heterocycles. The van der Waals surface area contributed by atoms with Crippen LogP contribution < -0.4 is 19.6 Å². The number of aromatic hydroxyl groups is 1. The summed E-state index contributed by atoms with van der Waals surface area (Å²) in [6.07, 6.45) is -22.2. The molecular formula is C39H50O19. The summed E-state index contributed by atoms with van der Waals surface area (Å²) in [4.78, 5) is 14.7. The van der Waals surface area contributed by atoms with E-state index < -0.39 is 121 Å². The molecule has 19 nitrogen and oxygen atoms in total. The van der Waals surface area contributed by atoms with E-state index in [4.69, 9.17) is 37.6 Å². The first-order valence-corrected chi connectivity index (χ1v) is 18.6. The topological polar surface area (TPSA) is 297 Å². The predicted octanol–water partition coefficient (Wildman–Crippen LogP) is -1.08. The van der Waals surface area contributed by atoms with Gasteiger partial charge in [0.25, 0.3) is 0 Å². The van der Waals surface area contributed by atoms with Crippen LogP contribution in [-0.2, 0) is 25.4 Å². The van der Waals surface area contributed by atoms with E-state index in [1.165, 1.54) is 33.1 Å². The SMILES string of the molecule is COc1ccc(-c2oc3c(CC=C(C)C)c(O[C@@H]4O[C@H](CO)[C@@H](O)[C@H](O)[C@H]4O)cc(O)c3c(=O)c2O[C@@H]2O[C@@H](C)[C@H](O)[C@@H](O)C2O[C@@H]2O[C@@H](C)[C@H](O)[C@@H](O)[C@H]2O)cc1. The van der Waals surface area contributed by atoms with E-state index in [1.54, 1.807) is 18.2 Å². The fourth-order valence-corrected chi connectivity index (χ4v) is 6.93. The van der Waals surface area contributed by atoms with Crippen molar-refractivity contribution in [3.05, 3.63) is 57.8 Å². The van der Waals surface area contributed by atoms with Gasteiger partial charge in [-0.2, -0.15) is 0 Å². The summed E-state index contributed by atoms with van der Waals surface area (Å²) in [5.41, 5.74) is 0.0592. The van der Waals surface area contributed by atoms with Crippen LogP contribution in [-0.4, -0.2) is 157 Å². The Morgan fingerprint density at radius 3 is 1.98 bits per heavy atom. The highest BCUT2D eigenvalue weighted by Gasteiger charge is 2.51. The zero-order chi connectivity index (χ0) is 42.3. The van der Waals surface area contributed by atoms with Gasteiger partial charge in [0.05, 0.1) is 25.9 Å². The Balaban J connectivity index is 1.50. The number of fused-ring (bicyclic) bond motifs is 1. The number of aliphatic hydroxyl groups excluding tert-OH is 9. The molecule has 0 aliphatic carbocycles. The molecule has 0 bridgehead atoms. The Hall–Kier alpha value is -3.93. The number of benzene rings is 2. The van der Waals surface area contributed by atoms with Crippen molar-refractivity contribution in [3.8, 4) is 34.3 Å². The lowest BCUT2D eigenvalue weighted by molar-refractivity contribution is -0.352. The van der Waals surface area contributed by atoms with Gasteiger partial charge in [0.2, 0.25) is 23.8 Å². The Bertz CT molecular complexity index is 1980. The van der Waals surface area contributed by atoms with E-state index in [1.807, 2.05) is 13.8 Å². The molecule has 10 N–H and O–H groups in total. The molecule has 3 aromatic rings. The van der Waals surface area contributed by atoms with Crippen molar-refractivity contribution in [1.82, 2.24) is 0 Å². The van der Waals surface area contributed by atoms with Crippen LogP contribution in [0.2, 0.25) is 0 Å². The number of phenols is 1. The quantitative estimate of drug-likeness (QED) is 0.103. The molecule has 0 saturated carbocycles. The van der Waals surface area contributed by atoms with Gasteiger partial charge < -0.3 is 88.6 Å². The third-order valence-electron chi connectivity index (χ3n) is 10.4. The van der Waals surface area contributed by atoms with E-state index >= 15 is 0 Å². The summed E-state index contributed by atoms with van der Waals surface area (Å²) < 4.78 is 46.9. The molecule has 3 aliphatic rings. The van der Waals surface area contributed by atoms with Crippen LogP contribution in [0.3, 0.4) is 0 Å². The highest BCUT2D eigenvalue weighted by atomic mass is 16.8. The molecular weight excluding hydrogens is 772 g/mol. The van der Waals surface area contributed by atoms with Gasteiger partial charge in [0.15, 0.2) is 18.2 Å². The van der Waals surface area contributed by atoms with Crippen LogP contribution in [0, 0.1) is 0 Å². The maximum atomic E-state index is 14.7. The molecule has 3 saturated heterocycles. The lowest BCUT2D eigenvalue weighted by atomic mass is 9.98. The molecule has 3 fully saturated rings. The zero-order valence-corrected chi connectivity index (χ0v) is 32.2. The number of hydrogen-bond acceptors (Lipinski definition) is 19. The lowest BCUT2D eigenvalue weighted by Crippen LogP contribution is -2.63. The Kier molecular flexibility index (Phi) is 13.3. The van der Waals surface area contributed by atoms with E-state index in [-0.39, 0.29) is 34.6 Å². The van der Waals surface area contributed by atoms with Crippen molar-refractivity contribution in [1.29, 1.82) is 0 Å².